The molecule has 2 atom stereocenters. The largest absolute Gasteiger partial charge is 0.262 e. The molecule has 1 heterocycles. The Morgan fingerprint density at radius 2 is 2.13 bits per heavy atom. The van der Waals surface area contributed by atoms with E-state index < -0.39 is 0 Å². The third kappa shape index (κ3) is 2.77. The van der Waals surface area contributed by atoms with Gasteiger partial charge in [-0.2, -0.15) is 0 Å². The molecule has 1 aliphatic carbocycles. The van der Waals surface area contributed by atoms with Gasteiger partial charge < -0.3 is 0 Å². The van der Waals surface area contributed by atoms with Crippen molar-refractivity contribution in [2.75, 3.05) is 0 Å². The van der Waals surface area contributed by atoms with E-state index >= 15 is 0 Å². The summed E-state index contributed by atoms with van der Waals surface area (Å²) in [5, 5.41) is 0. The molecule has 0 saturated heterocycles. The van der Waals surface area contributed by atoms with Crippen LogP contribution in [-0.4, -0.2) is 9.81 Å². The van der Waals surface area contributed by atoms with E-state index in [0.29, 0.717) is 10.7 Å². The fourth-order valence-electron chi connectivity index (χ4n) is 2.30. The van der Waals surface area contributed by atoms with Gasteiger partial charge in [-0.1, -0.05) is 28.8 Å². The molecular formula is C12H15BrFN. The minimum Gasteiger partial charge on any atom is -0.262 e. The predicted octanol–water partition coefficient (Wildman–Crippen LogP) is 4.03. The zero-order valence-corrected chi connectivity index (χ0v) is 10.2. The molecule has 1 aromatic rings. The van der Waals surface area contributed by atoms with Gasteiger partial charge in [0.05, 0.1) is 6.20 Å². The lowest BCUT2D eigenvalue weighted by Gasteiger charge is -2.16. The quantitative estimate of drug-likeness (QED) is 0.555. The van der Waals surface area contributed by atoms with Crippen LogP contribution in [0.3, 0.4) is 0 Å². The van der Waals surface area contributed by atoms with E-state index in [1.54, 1.807) is 6.20 Å². The number of hydrogen-bond acceptors (Lipinski definition) is 1. The number of halogens is 2. The van der Waals surface area contributed by atoms with Gasteiger partial charge in [0, 0.05) is 11.0 Å². The molecule has 0 amide bonds. The summed E-state index contributed by atoms with van der Waals surface area (Å²) < 4.78 is 13.6. The van der Waals surface area contributed by atoms with Crippen molar-refractivity contribution in [3.05, 3.63) is 29.8 Å². The highest BCUT2D eigenvalue weighted by molar-refractivity contribution is 9.09. The second-order valence-corrected chi connectivity index (χ2v) is 5.51. The minimum atomic E-state index is -0.149. The maximum Gasteiger partial charge on any atom is 0.144 e. The standard InChI is InChI=1S/C12H15BrFN/c13-10-4-2-1-3-9(7-10)11-5-6-15-8-12(11)14/h5-6,8-10H,1-4,7H2. The number of aromatic nitrogens is 1. The predicted molar refractivity (Wildman–Crippen MR) is 62.7 cm³/mol. The molecule has 0 bridgehead atoms. The van der Waals surface area contributed by atoms with E-state index in [1.165, 1.54) is 25.5 Å². The Morgan fingerprint density at radius 3 is 2.93 bits per heavy atom. The summed E-state index contributed by atoms with van der Waals surface area (Å²) in [6, 6.07) is 1.82. The first kappa shape index (κ1) is 11.1. The van der Waals surface area contributed by atoms with Crippen LogP contribution in [0.5, 0.6) is 0 Å². The lowest BCUT2D eigenvalue weighted by atomic mass is 9.92. The van der Waals surface area contributed by atoms with Crippen molar-refractivity contribution in [1.29, 1.82) is 0 Å². The van der Waals surface area contributed by atoms with Gasteiger partial charge in [-0.3, -0.25) is 4.98 Å². The summed E-state index contributed by atoms with van der Waals surface area (Å²) in [4.78, 5) is 4.33. The van der Waals surface area contributed by atoms with Crippen molar-refractivity contribution < 1.29 is 4.39 Å². The minimum absolute atomic E-state index is 0.149. The van der Waals surface area contributed by atoms with Crippen LogP contribution < -0.4 is 0 Å². The van der Waals surface area contributed by atoms with E-state index in [9.17, 15) is 4.39 Å². The van der Waals surface area contributed by atoms with Gasteiger partial charge in [0.15, 0.2) is 0 Å². The van der Waals surface area contributed by atoms with E-state index in [2.05, 4.69) is 20.9 Å². The molecule has 0 aliphatic heterocycles. The van der Waals surface area contributed by atoms with Crippen molar-refractivity contribution in [1.82, 2.24) is 4.98 Å². The SMILES string of the molecule is Fc1cnccc1C1CCCCC(Br)C1. The number of alkyl halides is 1. The van der Waals surface area contributed by atoms with E-state index in [4.69, 9.17) is 0 Å². The molecule has 1 saturated carbocycles. The molecule has 1 aromatic heterocycles. The first-order valence-electron chi connectivity index (χ1n) is 5.51. The van der Waals surface area contributed by atoms with Crippen molar-refractivity contribution in [2.45, 2.75) is 42.8 Å². The molecule has 82 valence electrons. The molecule has 0 N–H and O–H groups in total. The van der Waals surface area contributed by atoms with Crippen molar-refractivity contribution in [3.8, 4) is 0 Å². The molecule has 3 heteroatoms. The fourth-order valence-corrected chi connectivity index (χ4v) is 3.08. The van der Waals surface area contributed by atoms with E-state index in [1.807, 2.05) is 6.07 Å². The van der Waals surface area contributed by atoms with Crippen molar-refractivity contribution in [3.63, 3.8) is 0 Å². The number of nitrogens with zero attached hydrogens (tertiary/aromatic N) is 1. The van der Waals surface area contributed by atoms with Crippen LogP contribution in [0.1, 0.15) is 43.6 Å². The maximum atomic E-state index is 13.6. The lowest BCUT2D eigenvalue weighted by Crippen LogP contribution is -2.06. The highest BCUT2D eigenvalue weighted by Crippen LogP contribution is 2.35. The smallest absolute Gasteiger partial charge is 0.144 e. The Morgan fingerprint density at radius 1 is 1.33 bits per heavy atom. The molecule has 1 nitrogen and oxygen atoms in total. The average Bonchev–Trinajstić information content (AvgIpc) is 2.43. The highest BCUT2D eigenvalue weighted by atomic mass is 79.9. The molecule has 0 aromatic carbocycles. The summed E-state index contributed by atoms with van der Waals surface area (Å²) in [7, 11) is 0. The van der Waals surface area contributed by atoms with Gasteiger partial charge >= 0.3 is 0 Å². The Hall–Kier alpha value is -0.440. The highest BCUT2D eigenvalue weighted by Gasteiger charge is 2.21. The topological polar surface area (TPSA) is 12.9 Å². The lowest BCUT2D eigenvalue weighted by molar-refractivity contribution is 0.537. The summed E-state index contributed by atoms with van der Waals surface area (Å²) >= 11 is 3.66. The summed E-state index contributed by atoms with van der Waals surface area (Å²) in [5.74, 6) is 0.212. The number of hydrogen-bond donors (Lipinski definition) is 0. The second kappa shape index (κ2) is 5.06. The van der Waals surface area contributed by atoms with Crippen LogP contribution in [0.4, 0.5) is 4.39 Å². The van der Waals surface area contributed by atoms with Gasteiger partial charge in [0.25, 0.3) is 0 Å². The average molecular weight is 272 g/mol. The molecule has 2 rings (SSSR count). The Balaban J connectivity index is 2.18. The Kier molecular flexibility index (Phi) is 3.73. The van der Waals surface area contributed by atoms with E-state index in [-0.39, 0.29) is 5.82 Å². The van der Waals surface area contributed by atoms with Gasteiger partial charge in [-0.05, 0) is 36.8 Å². The summed E-state index contributed by atoms with van der Waals surface area (Å²) in [6.07, 6.45) is 8.82. The summed E-state index contributed by atoms with van der Waals surface area (Å²) in [5.41, 5.74) is 0.844. The Labute approximate surface area is 98.2 Å². The van der Waals surface area contributed by atoms with Crippen molar-refractivity contribution in [2.24, 2.45) is 0 Å². The monoisotopic (exact) mass is 271 g/mol. The van der Waals surface area contributed by atoms with Crippen LogP contribution in [0, 0.1) is 5.82 Å². The van der Waals surface area contributed by atoms with Gasteiger partial charge in [0.2, 0.25) is 0 Å². The third-order valence-corrected chi connectivity index (χ3v) is 3.94. The van der Waals surface area contributed by atoms with E-state index in [0.717, 1.165) is 18.4 Å². The van der Waals surface area contributed by atoms with Crippen LogP contribution in [0.15, 0.2) is 18.5 Å². The van der Waals surface area contributed by atoms with Crippen LogP contribution in [0.25, 0.3) is 0 Å². The van der Waals surface area contributed by atoms with Gasteiger partial charge in [-0.25, -0.2) is 4.39 Å². The van der Waals surface area contributed by atoms with Crippen LogP contribution in [-0.2, 0) is 0 Å². The van der Waals surface area contributed by atoms with Gasteiger partial charge in [-0.15, -0.1) is 0 Å². The molecule has 15 heavy (non-hydrogen) atoms. The fraction of sp³-hybridized carbons (Fsp3) is 0.583. The molecule has 2 unspecified atom stereocenters. The maximum absolute atomic E-state index is 13.6. The normalized spacial score (nSPS) is 27.3. The van der Waals surface area contributed by atoms with Crippen LogP contribution in [0.2, 0.25) is 0 Å². The van der Waals surface area contributed by atoms with Crippen LogP contribution >= 0.6 is 15.9 Å². The number of rotatable bonds is 1. The summed E-state index contributed by atoms with van der Waals surface area (Å²) in [6.45, 7) is 0. The first-order chi connectivity index (χ1) is 7.27. The molecule has 1 fully saturated rings. The number of pyridine rings is 1. The van der Waals surface area contributed by atoms with Crippen molar-refractivity contribution >= 4 is 15.9 Å². The molecule has 1 aliphatic rings. The third-order valence-electron chi connectivity index (χ3n) is 3.10. The Bertz CT molecular complexity index is 329. The molecular weight excluding hydrogens is 257 g/mol. The zero-order chi connectivity index (χ0) is 10.7. The molecule has 0 radical (unpaired) electrons. The van der Waals surface area contributed by atoms with Gasteiger partial charge in [0.1, 0.15) is 5.82 Å². The zero-order valence-electron chi connectivity index (χ0n) is 8.63. The first-order valence-corrected chi connectivity index (χ1v) is 6.42. The second-order valence-electron chi connectivity index (χ2n) is 4.21. The molecule has 0 spiro atoms.